The molecule has 0 atom stereocenters. The summed E-state index contributed by atoms with van der Waals surface area (Å²) in [7, 11) is 17.6. The van der Waals surface area contributed by atoms with Crippen molar-refractivity contribution in [3.8, 4) is 69.0 Å². The Bertz CT molecular complexity index is 4130. The van der Waals surface area contributed by atoms with E-state index in [2.05, 4.69) is 15.3 Å². The van der Waals surface area contributed by atoms with Crippen LogP contribution in [0.3, 0.4) is 0 Å². The number of hydrazone groups is 1. The number of rotatable bonds is 31. The fraction of sp³-hybridized carbons (Fsp3) is 0.324. The van der Waals surface area contributed by atoms with Crippen LogP contribution in [0.15, 0.2) is 113 Å². The first-order valence-corrected chi connectivity index (χ1v) is 33.3. The molecule has 0 unspecified atom stereocenters. The molecule has 34 heteroatoms. The second-order valence-corrected chi connectivity index (χ2v) is 22.2. The van der Waals surface area contributed by atoms with Gasteiger partial charge < -0.3 is 82.6 Å². The number of methoxy groups -OCH3 is 12. The van der Waals surface area contributed by atoms with Crippen LogP contribution in [0.25, 0.3) is 20.2 Å². The first kappa shape index (κ1) is 96.0. The summed E-state index contributed by atoms with van der Waals surface area (Å²) in [4.78, 5) is 102. The standard InChI is InChI=1S/C22H22N2O5S.C15H20O6.C13H18N2O5.C10H12O5.C9H6OS.C4H9NO2.CH4.H2N2.H2O.H2/c1-27-18-10-14(11-19(28-2)22(18)29-3)17(25)8-9-21(26)24-23-12-15-13-30-20-7-5-4-6-16(15)20;1-5-21-14(17)7-6-11(16)10-8-12(18-2)15(20-4)13(9-10)19-3;1-18-10-6-8(7-11(19-2)13(10)20-3)9(16)4-5-12(17)15-14;1-13-7-4-6(10(11)12)5-8(14-2)9(7)15-3;10-5-7-6-11-9-4-2-1-3-8(7)9;1-2-7-4(6)3-5;;1-2;;/h4-7,10-13H,8-9H2,1-3H3,(H,24,26);8-9H,5-7H2,1-4H3;6-7H,4-5,14H2,1-3H3,(H,15,17);4-5H,1-3H3,(H,11,12);1-6H;2-3,5H2,1H3;1H4;1-2H;1H2;1H/b23-12+;;;;;;;;;. The molecule has 0 fully saturated rings. The van der Waals surface area contributed by atoms with Crippen LogP contribution in [0, 0.1) is 11.1 Å². The SMILES string of the molecule is C.CCOC(=O)CCC(=O)c1cc(OC)c(OC)c(OC)c1.CCOC(=O)CN.COc1cc(C(=O)CCC(=O)N/N=C/c2csc3ccccc23)cc(OC)c1OC.COc1cc(C(=O)CCC(=O)NN)cc(OC)c1OC.COc1cc(C(=O)O)cc(OC)c1OC.N=N.O.O=Cc1csc2ccccc12.[HH]. The molecule has 0 spiro atoms. The summed E-state index contributed by atoms with van der Waals surface area (Å²) in [6.45, 7) is 4.16. The highest BCUT2D eigenvalue weighted by molar-refractivity contribution is 7.17. The number of ether oxygens (including phenoxy) is 14. The number of hydrogen-bond donors (Lipinski definition) is 7. The minimum Gasteiger partial charge on any atom is -0.493 e. The number of nitrogens with one attached hydrogen (secondary N) is 4. The van der Waals surface area contributed by atoms with E-state index >= 15 is 0 Å². The summed E-state index contributed by atoms with van der Waals surface area (Å²) in [6, 6.07) is 28.0. The summed E-state index contributed by atoms with van der Waals surface area (Å²) >= 11 is 3.22. The van der Waals surface area contributed by atoms with E-state index in [1.165, 1.54) is 102 Å². The largest absolute Gasteiger partial charge is 0.493 e. The summed E-state index contributed by atoms with van der Waals surface area (Å²) < 4.78 is 73.4. The first-order chi connectivity index (χ1) is 51.1. The van der Waals surface area contributed by atoms with E-state index in [-0.39, 0.29) is 94.2 Å². The number of Topliss-reactive ketones (excluding diaryl/α,β-unsaturated/α-hetero) is 3. The average molecular weight is 1550 g/mol. The normalized spacial score (nSPS) is 9.70. The van der Waals surface area contributed by atoms with Crippen molar-refractivity contribution in [2.45, 2.75) is 59.8 Å². The number of hydrazine groups is 1. The van der Waals surface area contributed by atoms with Gasteiger partial charge >= 0.3 is 17.9 Å². The Labute approximate surface area is 634 Å². The smallest absolute Gasteiger partial charge is 0.335 e. The van der Waals surface area contributed by atoms with Gasteiger partial charge in [-0.2, -0.15) is 5.10 Å². The molecule has 0 aliphatic carbocycles. The molecule has 0 saturated heterocycles. The zero-order valence-corrected chi connectivity index (χ0v) is 63.3. The van der Waals surface area contributed by atoms with Crippen molar-refractivity contribution in [1.29, 1.82) is 11.1 Å². The number of carboxylic acid groups (broad SMARTS) is 1. The molecular formula is C74H97N7O25S2. The third-order valence-electron chi connectivity index (χ3n) is 14.1. The van der Waals surface area contributed by atoms with E-state index in [9.17, 15) is 43.2 Å². The van der Waals surface area contributed by atoms with Crippen molar-refractivity contribution in [2.75, 3.05) is 105 Å². The summed E-state index contributed by atoms with van der Waals surface area (Å²) in [6.07, 6.45) is 2.73. The number of fused-ring (bicyclic) bond motifs is 2. The Balaban J connectivity index is 0. The van der Waals surface area contributed by atoms with E-state index < -0.39 is 17.8 Å². The number of hydrogen-bond acceptors (Lipinski definition) is 30. The van der Waals surface area contributed by atoms with Crippen LogP contribution < -0.4 is 79.3 Å². The molecule has 32 nitrogen and oxygen atoms in total. The number of nitrogens with zero attached hydrogens (tertiary/aromatic N) is 1. The van der Waals surface area contributed by atoms with Gasteiger partial charge in [-0.3, -0.25) is 43.8 Å². The van der Waals surface area contributed by atoms with E-state index in [1.807, 2.05) is 64.7 Å². The highest BCUT2D eigenvalue weighted by Gasteiger charge is 2.22. The van der Waals surface area contributed by atoms with Crippen LogP contribution >= 0.6 is 22.7 Å². The van der Waals surface area contributed by atoms with Crippen LogP contribution in [0.4, 0.5) is 0 Å². The van der Waals surface area contributed by atoms with E-state index in [0.717, 1.165) is 32.9 Å². The highest BCUT2D eigenvalue weighted by Crippen LogP contribution is 2.42. The molecule has 8 aromatic rings. The van der Waals surface area contributed by atoms with Crippen LogP contribution in [0.5, 0.6) is 69.0 Å². The van der Waals surface area contributed by atoms with Crippen LogP contribution in [0.1, 0.15) is 119 Å². The second-order valence-electron chi connectivity index (χ2n) is 20.4. The highest BCUT2D eigenvalue weighted by atomic mass is 32.1. The third-order valence-corrected chi connectivity index (χ3v) is 16.0. The monoisotopic (exact) mass is 1550 g/mol. The zero-order valence-electron chi connectivity index (χ0n) is 61.7. The molecule has 8 rings (SSSR count). The molecule has 0 saturated carbocycles. The van der Waals surface area contributed by atoms with Crippen molar-refractivity contribution in [3.63, 3.8) is 0 Å². The van der Waals surface area contributed by atoms with E-state index in [1.54, 1.807) is 79.1 Å². The van der Waals surface area contributed by atoms with Crippen molar-refractivity contribution >= 4 is 102 Å². The van der Waals surface area contributed by atoms with E-state index in [0.29, 0.717) is 98.9 Å². The lowest BCUT2D eigenvalue weighted by Gasteiger charge is -2.13. The number of aldehydes is 1. The summed E-state index contributed by atoms with van der Waals surface area (Å²) in [5, 5.41) is 18.9. The molecule has 0 radical (unpaired) electrons. The number of esters is 2. The van der Waals surface area contributed by atoms with Gasteiger partial charge in [0.1, 0.15) is 0 Å². The van der Waals surface area contributed by atoms with Gasteiger partial charge in [0.05, 0.1) is 123 Å². The minimum absolute atomic E-state index is 0. The maximum Gasteiger partial charge on any atom is 0.335 e. The minimum atomic E-state index is -1.05. The molecule has 0 bridgehead atoms. The predicted octanol–water partition coefficient (Wildman–Crippen LogP) is 11.2. The molecule has 2 heterocycles. The maximum absolute atomic E-state index is 12.5. The first-order valence-electron chi connectivity index (χ1n) is 31.6. The van der Waals surface area contributed by atoms with Crippen molar-refractivity contribution in [3.05, 3.63) is 141 Å². The summed E-state index contributed by atoms with van der Waals surface area (Å²) in [5.41, 5.74) is 22.3. The number of carbonyl (C=O) groups excluding carboxylic acids is 8. The van der Waals surface area contributed by atoms with Gasteiger partial charge in [0.25, 0.3) is 0 Å². The fourth-order valence-electron chi connectivity index (χ4n) is 8.98. The lowest BCUT2D eigenvalue weighted by Crippen LogP contribution is -2.30. The van der Waals surface area contributed by atoms with E-state index in [4.69, 9.17) is 89.3 Å². The van der Waals surface area contributed by atoms with Gasteiger partial charge in [-0.1, -0.05) is 43.8 Å². The number of nitrogens with two attached hydrogens (primary N) is 2. The predicted molar refractivity (Wildman–Crippen MR) is 409 cm³/mol. The number of aromatic carboxylic acids is 1. The summed E-state index contributed by atoms with van der Waals surface area (Å²) in [5.74, 6) is 6.44. The number of benzene rings is 6. The quantitative estimate of drug-likeness (QED) is 0.00310. The Kier molecular flexibility index (Phi) is 47.0. The lowest BCUT2D eigenvalue weighted by atomic mass is 10.1. The van der Waals surface area contributed by atoms with Gasteiger partial charge in [-0.05, 0) is 74.5 Å². The average Bonchev–Trinajstić information content (AvgIpc) is 1.73. The van der Waals surface area contributed by atoms with Crippen molar-refractivity contribution < 1.29 is 121 Å². The second kappa shape index (κ2) is 52.9. The molecule has 2 amide bonds. The van der Waals surface area contributed by atoms with Crippen LogP contribution in [-0.4, -0.2) is 175 Å². The number of ketones is 3. The van der Waals surface area contributed by atoms with Gasteiger partial charge in [-0.15, -0.1) is 22.7 Å². The molecule has 590 valence electrons. The van der Waals surface area contributed by atoms with Crippen molar-refractivity contribution in [2.24, 2.45) is 16.7 Å². The third kappa shape index (κ3) is 29.9. The topological polar surface area (TPSA) is 471 Å². The van der Waals surface area contributed by atoms with Gasteiger partial charge in [0.15, 0.2) is 69.6 Å². The van der Waals surface area contributed by atoms with Crippen LogP contribution in [-0.2, 0) is 28.7 Å². The Morgan fingerprint density at radius 2 is 0.769 bits per heavy atom. The maximum atomic E-state index is 12.5. The lowest BCUT2D eigenvalue weighted by molar-refractivity contribution is -0.143. The molecule has 6 aromatic carbocycles. The Morgan fingerprint density at radius 1 is 0.463 bits per heavy atom. The molecular weight excluding hydrogens is 1450 g/mol. The van der Waals surface area contributed by atoms with Gasteiger partial charge in [0, 0.05) is 92.3 Å². The number of amides is 2. The van der Waals surface area contributed by atoms with Gasteiger partial charge in [-0.25, -0.2) is 27.1 Å². The van der Waals surface area contributed by atoms with Gasteiger partial charge in [0.2, 0.25) is 34.8 Å². The molecule has 11 N–H and O–H groups in total. The van der Waals surface area contributed by atoms with Crippen LogP contribution in [0.2, 0.25) is 0 Å². The number of thiophene rings is 2. The number of carbonyl (C=O) groups is 9. The molecule has 2 aromatic heterocycles. The Morgan fingerprint density at radius 3 is 1.06 bits per heavy atom. The van der Waals surface area contributed by atoms with Crippen molar-refractivity contribution in [1.82, 2.24) is 10.9 Å². The molecule has 0 aliphatic heterocycles. The Hall–Kier alpha value is -12.0. The molecule has 0 aliphatic rings. The number of carboxylic acids is 1. The fourth-order valence-corrected chi connectivity index (χ4v) is 10.8. The zero-order chi connectivity index (χ0) is 79.3. The molecule has 108 heavy (non-hydrogen) atoms.